The van der Waals surface area contributed by atoms with Gasteiger partial charge in [-0.15, -0.1) is 0 Å². The van der Waals surface area contributed by atoms with Crippen molar-refractivity contribution in [3.05, 3.63) is 0 Å². The minimum atomic E-state index is -0.817. The van der Waals surface area contributed by atoms with E-state index in [2.05, 4.69) is 0 Å². The third-order valence-corrected chi connectivity index (χ3v) is 3.20. The van der Waals surface area contributed by atoms with Crippen LogP contribution in [-0.4, -0.2) is 61.4 Å². The van der Waals surface area contributed by atoms with Crippen LogP contribution in [-0.2, 0) is 19.1 Å². The third-order valence-electron chi connectivity index (χ3n) is 3.20. The van der Waals surface area contributed by atoms with Crippen molar-refractivity contribution in [1.82, 2.24) is 4.90 Å². The average molecular weight is 259 g/mol. The van der Waals surface area contributed by atoms with Gasteiger partial charge in [-0.25, -0.2) is 0 Å². The van der Waals surface area contributed by atoms with Crippen LogP contribution in [0.2, 0.25) is 0 Å². The molecule has 0 spiro atoms. The van der Waals surface area contributed by atoms with Crippen molar-refractivity contribution < 1.29 is 24.2 Å². The lowest BCUT2D eigenvalue weighted by Crippen LogP contribution is -2.29. The molecule has 6 heteroatoms. The summed E-state index contributed by atoms with van der Waals surface area (Å²) in [5, 5.41) is 8.50. The number of aliphatic carboxylic acids is 1. The van der Waals surface area contributed by atoms with Crippen LogP contribution in [0.5, 0.6) is 0 Å². The fraction of sp³-hybridized carbons (Fsp3) is 0.833. The van der Waals surface area contributed by atoms with Crippen molar-refractivity contribution in [3.63, 3.8) is 0 Å². The van der Waals surface area contributed by atoms with E-state index < -0.39 is 5.97 Å². The zero-order chi connectivity index (χ0) is 13.5. The summed E-state index contributed by atoms with van der Waals surface area (Å²) in [4.78, 5) is 23.9. The highest BCUT2D eigenvalue weighted by Crippen LogP contribution is 2.17. The number of carboxylic acid groups (broad SMARTS) is 1. The summed E-state index contributed by atoms with van der Waals surface area (Å²) in [7, 11) is 3.22. The van der Waals surface area contributed by atoms with Crippen molar-refractivity contribution in [2.45, 2.75) is 37.9 Å². The molecule has 6 nitrogen and oxygen atoms in total. The summed E-state index contributed by atoms with van der Waals surface area (Å²) in [6, 6.07) is 0. The molecule has 1 aliphatic heterocycles. The Hall–Kier alpha value is -1.14. The van der Waals surface area contributed by atoms with E-state index in [4.69, 9.17) is 14.6 Å². The summed E-state index contributed by atoms with van der Waals surface area (Å²) >= 11 is 0. The predicted molar refractivity (Wildman–Crippen MR) is 64.3 cm³/mol. The molecular weight excluding hydrogens is 238 g/mol. The van der Waals surface area contributed by atoms with Gasteiger partial charge in [0.2, 0.25) is 5.91 Å². The minimum absolute atomic E-state index is 0.0435. The van der Waals surface area contributed by atoms with Crippen molar-refractivity contribution in [1.29, 1.82) is 0 Å². The molecule has 1 amide bonds. The van der Waals surface area contributed by atoms with Gasteiger partial charge in [0.15, 0.2) is 0 Å². The Kier molecular flexibility index (Phi) is 6.07. The number of amides is 1. The molecule has 0 bridgehead atoms. The van der Waals surface area contributed by atoms with Gasteiger partial charge in [0, 0.05) is 40.2 Å². The third kappa shape index (κ3) is 4.27. The second-order valence-corrected chi connectivity index (χ2v) is 4.45. The van der Waals surface area contributed by atoms with Crippen LogP contribution >= 0.6 is 0 Å². The minimum Gasteiger partial charge on any atom is -0.481 e. The Labute approximate surface area is 107 Å². The van der Waals surface area contributed by atoms with E-state index in [0.717, 1.165) is 0 Å². The van der Waals surface area contributed by atoms with Gasteiger partial charge in [-0.2, -0.15) is 0 Å². The number of nitrogens with zero attached hydrogens (tertiary/aromatic N) is 1. The van der Waals surface area contributed by atoms with Crippen LogP contribution in [0.3, 0.4) is 0 Å². The molecule has 1 saturated heterocycles. The lowest BCUT2D eigenvalue weighted by atomic mass is 10.2. The molecule has 18 heavy (non-hydrogen) atoms. The highest BCUT2D eigenvalue weighted by molar-refractivity contribution is 5.76. The number of carbonyl (C=O) groups excluding carboxylic acids is 1. The number of carboxylic acids is 1. The van der Waals surface area contributed by atoms with Crippen molar-refractivity contribution in [2.75, 3.05) is 27.3 Å². The molecule has 0 aromatic heterocycles. The Morgan fingerprint density at radius 1 is 1.11 bits per heavy atom. The Bertz CT molecular complexity index is 282. The van der Waals surface area contributed by atoms with E-state index in [1.807, 2.05) is 0 Å². The Morgan fingerprint density at radius 3 is 2.06 bits per heavy atom. The predicted octanol–water partition coefficient (Wildman–Crippen LogP) is 0.504. The summed E-state index contributed by atoms with van der Waals surface area (Å²) in [6.45, 7) is 1.10. The second kappa shape index (κ2) is 7.33. The van der Waals surface area contributed by atoms with Gasteiger partial charge in [0.05, 0.1) is 0 Å². The zero-order valence-electron chi connectivity index (χ0n) is 10.9. The number of methoxy groups -OCH3 is 2. The van der Waals surface area contributed by atoms with E-state index in [-0.39, 0.29) is 24.5 Å². The zero-order valence-corrected chi connectivity index (χ0v) is 10.9. The quantitative estimate of drug-likeness (QED) is 0.674. The molecule has 1 aliphatic rings. The van der Waals surface area contributed by atoms with Crippen molar-refractivity contribution in [3.8, 4) is 0 Å². The summed E-state index contributed by atoms with van der Waals surface area (Å²) in [5.41, 5.74) is 0. The van der Waals surface area contributed by atoms with E-state index in [1.165, 1.54) is 0 Å². The number of likely N-dealkylation sites (tertiary alicyclic amines) is 1. The maximum atomic E-state index is 11.9. The van der Waals surface area contributed by atoms with Crippen LogP contribution in [0.1, 0.15) is 25.7 Å². The van der Waals surface area contributed by atoms with E-state index in [1.54, 1.807) is 19.1 Å². The lowest BCUT2D eigenvalue weighted by molar-refractivity contribution is -0.137. The first-order valence-corrected chi connectivity index (χ1v) is 6.13. The number of unbranched alkanes of at least 4 members (excludes halogenated alkanes) is 1. The molecule has 2 unspecified atom stereocenters. The van der Waals surface area contributed by atoms with E-state index in [0.29, 0.717) is 32.4 Å². The van der Waals surface area contributed by atoms with Crippen molar-refractivity contribution >= 4 is 11.9 Å². The van der Waals surface area contributed by atoms with Crippen molar-refractivity contribution in [2.24, 2.45) is 0 Å². The smallest absolute Gasteiger partial charge is 0.303 e. The first-order chi connectivity index (χ1) is 8.58. The van der Waals surface area contributed by atoms with Gasteiger partial charge in [-0.1, -0.05) is 0 Å². The molecule has 104 valence electrons. The van der Waals surface area contributed by atoms with Gasteiger partial charge in [0.1, 0.15) is 12.2 Å². The number of hydrogen-bond donors (Lipinski definition) is 1. The normalized spacial score (nSPS) is 23.3. The number of carbonyl (C=O) groups is 2. The molecule has 1 N–H and O–H groups in total. The lowest BCUT2D eigenvalue weighted by Gasteiger charge is -2.15. The monoisotopic (exact) mass is 259 g/mol. The van der Waals surface area contributed by atoms with Crippen LogP contribution in [0.25, 0.3) is 0 Å². The molecule has 0 aromatic rings. The summed E-state index contributed by atoms with van der Waals surface area (Å²) < 4.78 is 10.5. The van der Waals surface area contributed by atoms with Gasteiger partial charge < -0.3 is 19.5 Å². The molecule has 2 atom stereocenters. The maximum Gasteiger partial charge on any atom is 0.303 e. The van der Waals surface area contributed by atoms with Crippen LogP contribution in [0.4, 0.5) is 0 Å². The second-order valence-electron chi connectivity index (χ2n) is 4.45. The summed E-state index contributed by atoms with van der Waals surface area (Å²) in [6.07, 6.45) is 1.51. The Balaban J connectivity index is 2.28. The van der Waals surface area contributed by atoms with Gasteiger partial charge in [-0.3, -0.25) is 9.59 Å². The molecule has 1 heterocycles. The van der Waals surface area contributed by atoms with Crippen LogP contribution < -0.4 is 0 Å². The highest BCUT2D eigenvalue weighted by Gasteiger charge is 2.34. The van der Waals surface area contributed by atoms with Gasteiger partial charge in [-0.05, 0) is 12.8 Å². The van der Waals surface area contributed by atoms with Gasteiger partial charge in [0.25, 0.3) is 0 Å². The molecule has 1 rings (SSSR count). The Morgan fingerprint density at radius 2 is 1.61 bits per heavy atom. The fourth-order valence-corrected chi connectivity index (χ4v) is 2.11. The van der Waals surface area contributed by atoms with Gasteiger partial charge >= 0.3 is 5.97 Å². The van der Waals surface area contributed by atoms with E-state index in [9.17, 15) is 9.59 Å². The molecule has 0 aliphatic carbocycles. The summed E-state index contributed by atoms with van der Waals surface area (Å²) in [5.74, 6) is -0.774. The molecule has 0 radical (unpaired) electrons. The van der Waals surface area contributed by atoms with Crippen LogP contribution in [0.15, 0.2) is 0 Å². The standard InChI is InChI=1S/C12H21NO5/c1-17-9-7-13(8-10(9)18-2)11(14)5-3-4-6-12(15)16/h9-10H,3-8H2,1-2H3,(H,15,16). The SMILES string of the molecule is COC1CN(C(=O)CCCCC(=O)O)CC1OC. The highest BCUT2D eigenvalue weighted by atomic mass is 16.5. The first-order valence-electron chi connectivity index (χ1n) is 6.13. The topological polar surface area (TPSA) is 76.1 Å². The van der Waals surface area contributed by atoms with Crippen LogP contribution in [0, 0.1) is 0 Å². The molecular formula is C12H21NO5. The first kappa shape index (κ1) is 14.9. The number of rotatable bonds is 7. The number of hydrogen-bond acceptors (Lipinski definition) is 4. The molecule has 0 aromatic carbocycles. The average Bonchev–Trinajstić information content (AvgIpc) is 2.77. The fourth-order valence-electron chi connectivity index (χ4n) is 2.11. The molecule has 1 fully saturated rings. The van der Waals surface area contributed by atoms with E-state index >= 15 is 0 Å². The number of ether oxygens (including phenoxy) is 2. The largest absolute Gasteiger partial charge is 0.481 e. The maximum absolute atomic E-state index is 11.9. The molecule has 0 saturated carbocycles.